The molecule has 0 aromatic heterocycles. The van der Waals surface area contributed by atoms with E-state index in [2.05, 4.69) is 26.1 Å². The number of carbonyl (C=O) groups excluding carboxylic acids is 1. The van der Waals surface area contributed by atoms with Gasteiger partial charge in [-0.1, -0.05) is 20.3 Å². The molecule has 0 aromatic rings. The van der Waals surface area contributed by atoms with Gasteiger partial charge in [0, 0.05) is 12.0 Å². The van der Waals surface area contributed by atoms with Crippen molar-refractivity contribution >= 4 is 5.91 Å². The first-order chi connectivity index (χ1) is 4.58. The van der Waals surface area contributed by atoms with Crippen molar-refractivity contribution in [2.75, 3.05) is 0 Å². The molecule has 1 fully saturated rings. The second-order valence-corrected chi connectivity index (χ2v) is 3.45. The normalized spacial score (nSPS) is 34.5. The van der Waals surface area contributed by atoms with Crippen molar-refractivity contribution in [2.24, 2.45) is 5.92 Å². The number of carbonyl (C=O) groups is 1. The van der Waals surface area contributed by atoms with Crippen LogP contribution in [0.25, 0.3) is 0 Å². The summed E-state index contributed by atoms with van der Waals surface area (Å²) in [5.74, 6) is 0.799. The van der Waals surface area contributed by atoms with E-state index >= 15 is 0 Å². The molecular formula is C8H15NO. The molecule has 2 unspecified atom stereocenters. The van der Waals surface area contributed by atoms with Crippen molar-refractivity contribution in [3.63, 3.8) is 0 Å². The Morgan fingerprint density at radius 1 is 1.80 bits per heavy atom. The SMILES string of the molecule is CCC(C)C1(C)CC(=O)N1. The van der Waals surface area contributed by atoms with Gasteiger partial charge in [-0.2, -0.15) is 0 Å². The van der Waals surface area contributed by atoms with Crippen LogP contribution in [0, 0.1) is 5.92 Å². The molecule has 1 heterocycles. The smallest absolute Gasteiger partial charge is 0.222 e. The van der Waals surface area contributed by atoms with Crippen molar-refractivity contribution < 1.29 is 4.79 Å². The van der Waals surface area contributed by atoms with Crippen LogP contribution in [0.3, 0.4) is 0 Å². The number of hydrogen-bond donors (Lipinski definition) is 1. The second-order valence-electron chi connectivity index (χ2n) is 3.45. The van der Waals surface area contributed by atoms with E-state index in [0.717, 1.165) is 6.42 Å². The summed E-state index contributed by atoms with van der Waals surface area (Å²) in [7, 11) is 0. The molecule has 1 aliphatic rings. The summed E-state index contributed by atoms with van der Waals surface area (Å²) in [6.45, 7) is 6.45. The topological polar surface area (TPSA) is 29.1 Å². The molecule has 0 saturated carbocycles. The van der Waals surface area contributed by atoms with Crippen molar-refractivity contribution in [3.05, 3.63) is 0 Å². The van der Waals surface area contributed by atoms with Crippen LogP contribution in [0.2, 0.25) is 0 Å². The average molecular weight is 141 g/mol. The number of nitrogens with one attached hydrogen (secondary N) is 1. The van der Waals surface area contributed by atoms with Gasteiger partial charge in [0.25, 0.3) is 0 Å². The summed E-state index contributed by atoms with van der Waals surface area (Å²) in [5.41, 5.74) is 0.103. The zero-order chi connectivity index (χ0) is 7.78. The summed E-state index contributed by atoms with van der Waals surface area (Å²) < 4.78 is 0. The standard InChI is InChI=1S/C8H15NO/c1-4-6(2)8(3)5-7(10)9-8/h6H,4-5H2,1-3H3,(H,9,10). The Bertz CT molecular complexity index is 145. The van der Waals surface area contributed by atoms with Crippen LogP contribution in [-0.4, -0.2) is 11.4 Å². The predicted molar refractivity (Wildman–Crippen MR) is 40.6 cm³/mol. The van der Waals surface area contributed by atoms with Crippen molar-refractivity contribution in [2.45, 2.75) is 39.2 Å². The zero-order valence-corrected chi connectivity index (χ0v) is 6.90. The first kappa shape index (κ1) is 7.58. The van der Waals surface area contributed by atoms with Crippen LogP contribution in [0.15, 0.2) is 0 Å². The first-order valence-corrected chi connectivity index (χ1v) is 3.89. The van der Waals surface area contributed by atoms with Gasteiger partial charge in [0.1, 0.15) is 0 Å². The average Bonchev–Trinajstić information content (AvgIpc) is 1.83. The molecule has 1 amide bonds. The van der Waals surface area contributed by atoms with Crippen LogP contribution < -0.4 is 5.32 Å². The minimum atomic E-state index is 0.103. The van der Waals surface area contributed by atoms with Crippen molar-refractivity contribution in [1.82, 2.24) is 5.32 Å². The number of amides is 1. The minimum Gasteiger partial charge on any atom is -0.350 e. The van der Waals surface area contributed by atoms with E-state index in [9.17, 15) is 4.79 Å². The Labute approximate surface area is 62.0 Å². The third kappa shape index (κ3) is 1.02. The highest BCUT2D eigenvalue weighted by molar-refractivity contribution is 5.84. The van der Waals surface area contributed by atoms with Crippen molar-refractivity contribution in [3.8, 4) is 0 Å². The van der Waals surface area contributed by atoms with Gasteiger partial charge in [-0.25, -0.2) is 0 Å². The van der Waals surface area contributed by atoms with E-state index in [-0.39, 0.29) is 11.4 Å². The largest absolute Gasteiger partial charge is 0.350 e. The lowest BCUT2D eigenvalue weighted by Crippen LogP contribution is -2.62. The highest BCUT2D eigenvalue weighted by Crippen LogP contribution is 2.29. The third-order valence-corrected chi connectivity index (χ3v) is 2.65. The minimum absolute atomic E-state index is 0.103. The zero-order valence-electron chi connectivity index (χ0n) is 6.90. The molecule has 2 atom stereocenters. The maximum absolute atomic E-state index is 10.6. The molecule has 0 aromatic carbocycles. The molecule has 58 valence electrons. The summed E-state index contributed by atoms with van der Waals surface area (Å²) >= 11 is 0. The molecule has 2 heteroatoms. The summed E-state index contributed by atoms with van der Waals surface area (Å²) in [4.78, 5) is 10.6. The molecular weight excluding hydrogens is 126 g/mol. The van der Waals surface area contributed by atoms with Crippen LogP contribution in [-0.2, 0) is 4.79 Å². The number of hydrogen-bond acceptors (Lipinski definition) is 1. The summed E-state index contributed by atoms with van der Waals surface area (Å²) in [6, 6.07) is 0. The lowest BCUT2D eigenvalue weighted by Gasteiger charge is -2.43. The van der Waals surface area contributed by atoms with E-state index in [1.54, 1.807) is 0 Å². The van der Waals surface area contributed by atoms with Gasteiger partial charge in [0.05, 0.1) is 0 Å². The molecule has 1 N–H and O–H groups in total. The Kier molecular flexibility index (Phi) is 1.71. The Morgan fingerprint density at radius 3 is 2.60 bits per heavy atom. The van der Waals surface area contributed by atoms with E-state index in [1.807, 2.05) is 0 Å². The quantitative estimate of drug-likeness (QED) is 0.577. The molecule has 10 heavy (non-hydrogen) atoms. The van der Waals surface area contributed by atoms with Crippen LogP contribution in [0.4, 0.5) is 0 Å². The van der Waals surface area contributed by atoms with Gasteiger partial charge in [-0.15, -0.1) is 0 Å². The van der Waals surface area contributed by atoms with Gasteiger partial charge < -0.3 is 5.32 Å². The number of rotatable bonds is 2. The van der Waals surface area contributed by atoms with Crippen LogP contribution in [0.5, 0.6) is 0 Å². The molecule has 0 bridgehead atoms. The first-order valence-electron chi connectivity index (χ1n) is 3.89. The maximum Gasteiger partial charge on any atom is 0.222 e. The Morgan fingerprint density at radius 2 is 2.30 bits per heavy atom. The summed E-state index contributed by atoms with van der Waals surface area (Å²) in [6.07, 6.45) is 1.85. The molecule has 0 radical (unpaired) electrons. The number of β-lactam (4-membered cyclic amide) rings is 1. The van der Waals surface area contributed by atoms with Gasteiger partial charge >= 0.3 is 0 Å². The molecule has 1 rings (SSSR count). The lowest BCUT2D eigenvalue weighted by atomic mass is 9.77. The highest BCUT2D eigenvalue weighted by atomic mass is 16.2. The molecule has 2 nitrogen and oxygen atoms in total. The molecule has 1 saturated heterocycles. The Balaban J connectivity index is 2.47. The lowest BCUT2D eigenvalue weighted by molar-refractivity contribution is -0.134. The van der Waals surface area contributed by atoms with Gasteiger partial charge in [-0.3, -0.25) is 4.79 Å². The fraction of sp³-hybridized carbons (Fsp3) is 0.875. The van der Waals surface area contributed by atoms with Gasteiger partial charge in [0.15, 0.2) is 0 Å². The van der Waals surface area contributed by atoms with E-state index < -0.39 is 0 Å². The third-order valence-electron chi connectivity index (χ3n) is 2.65. The maximum atomic E-state index is 10.6. The van der Waals surface area contributed by atoms with E-state index in [1.165, 1.54) is 0 Å². The Hall–Kier alpha value is -0.530. The molecule has 1 aliphatic heterocycles. The van der Waals surface area contributed by atoms with Gasteiger partial charge in [0.2, 0.25) is 5.91 Å². The van der Waals surface area contributed by atoms with Crippen LogP contribution >= 0.6 is 0 Å². The molecule has 0 aliphatic carbocycles. The fourth-order valence-corrected chi connectivity index (χ4v) is 1.38. The van der Waals surface area contributed by atoms with E-state index in [4.69, 9.17) is 0 Å². The van der Waals surface area contributed by atoms with Crippen molar-refractivity contribution in [1.29, 1.82) is 0 Å². The second kappa shape index (κ2) is 2.26. The monoisotopic (exact) mass is 141 g/mol. The highest BCUT2D eigenvalue weighted by Gasteiger charge is 2.41. The summed E-state index contributed by atoms with van der Waals surface area (Å²) in [5, 5.41) is 2.93. The van der Waals surface area contributed by atoms with E-state index in [0.29, 0.717) is 12.3 Å². The fourth-order valence-electron chi connectivity index (χ4n) is 1.38. The van der Waals surface area contributed by atoms with Crippen LogP contribution in [0.1, 0.15) is 33.6 Å². The predicted octanol–water partition coefficient (Wildman–Crippen LogP) is 1.31. The molecule has 0 spiro atoms. The van der Waals surface area contributed by atoms with Gasteiger partial charge in [-0.05, 0) is 12.8 Å².